The van der Waals surface area contributed by atoms with Gasteiger partial charge in [-0.2, -0.15) is 0 Å². The van der Waals surface area contributed by atoms with Gasteiger partial charge in [-0.05, 0) is 79.8 Å². The lowest BCUT2D eigenvalue weighted by Gasteiger charge is -2.59. The van der Waals surface area contributed by atoms with Crippen LogP contribution in [-0.4, -0.2) is 40.5 Å². The number of fused-ring (bicyclic) bond motifs is 5. The maximum atomic E-state index is 13.5. The summed E-state index contributed by atoms with van der Waals surface area (Å²) in [5.74, 6) is 1.74. The normalized spacial score (nSPS) is 36.4. The highest BCUT2D eigenvalue weighted by Crippen LogP contribution is 2.67. The molecule has 5 rings (SSSR count). The molecular formula is C29H39NO7S. The quantitative estimate of drug-likeness (QED) is 0.534. The molecule has 0 radical (unpaired) electrons. The zero-order valence-corrected chi connectivity index (χ0v) is 23.7. The highest BCUT2D eigenvalue weighted by molar-refractivity contribution is 7.89. The smallest absolute Gasteiger partial charge is 0.342 e. The van der Waals surface area contributed by atoms with E-state index in [0.717, 1.165) is 38.5 Å². The zero-order valence-electron chi connectivity index (χ0n) is 22.9. The molecule has 3 saturated carbocycles. The fraction of sp³-hybridized carbons (Fsp3) is 0.655. The van der Waals surface area contributed by atoms with E-state index in [-0.39, 0.29) is 44.7 Å². The van der Waals surface area contributed by atoms with Crippen molar-refractivity contribution in [3.63, 3.8) is 0 Å². The molecule has 0 aromatic heterocycles. The first-order valence-corrected chi connectivity index (χ1v) is 15.1. The van der Waals surface area contributed by atoms with E-state index >= 15 is 0 Å². The molecule has 3 fully saturated rings. The van der Waals surface area contributed by atoms with Gasteiger partial charge in [0.1, 0.15) is 11.7 Å². The van der Waals surface area contributed by atoms with Crippen LogP contribution >= 0.6 is 0 Å². The lowest BCUT2D eigenvalue weighted by molar-refractivity contribution is -0.119. The predicted octanol–water partition coefficient (Wildman–Crippen LogP) is 4.65. The summed E-state index contributed by atoms with van der Waals surface area (Å²) in [7, 11) is -1.32. The summed E-state index contributed by atoms with van der Waals surface area (Å²) in [4.78, 5) is 25.5. The highest BCUT2D eigenvalue weighted by atomic mass is 32.2. The molecule has 0 bridgehead atoms. The number of primary sulfonamides is 1. The van der Waals surface area contributed by atoms with Crippen LogP contribution in [0.4, 0.5) is 0 Å². The van der Waals surface area contributed by atoms with E-state index < -0.39 is 16.0 Å². The number of benzene rings is 1. The van der Waals surface area contributed by atoms with Crippen molar-refractivity contribution in [3.8, 4) is 11.5 Å². The van der Waals surface area contributed by atoms with Crippen LogP contribution in [0.5, 0.6) is 11.5 Å². The number of methoxy groups -OCH3 is 2. The molecule has 4 aliphatic carbocycles. The van der Waals surface area contributed by atoms with Gasteiger partial charge in [-0.3, -0.25) is 4.79 Å². The zero-order chi connectivity index (χ0) is 27.6. The number of ketones is 1. The molecule has 208 valence electrons. The molecule has 7 atom stereocenters. The van der Waals surface area contributed by atoms with Crippen LogP contribution in [0, 0.1) is 34.5 Å². The summed E-state index contributed by atoms with van der Waals surface area (Å²) in [5.41, 5.74) is 1.21. The maximum absolute atomic E-state index is 13.5. The number of carbonyl (C=O) groups is 2. The van der Waals surface area contributed by atoms with Crippen molar-refractivity contribution < 1.29 is 32.2 Å². The van der Waals surface area contributed by atoms with Crippen molar-refractivity contribution in [2.75, 3.05) is 14.2 Å². The molecule has 0 spiro atoms. The van der Waals surface area contributed by atoms with Gasteiger partial charge in [0.2, 0.25) is 10.0 Å². The minimum absolute atomic E-state index is 0.0168. The lowest BCUT2D eigenvalue weighted by Crippen LogP contribution is -2.54. The Balaban J connectivity index is 1.43. The maximum Gasteiger partial charge on any atom is 0.342 e. The van der Waals surface area contributed by atoms with Gasteiger partial charge in [-0.15, -0.1) is 0 Å². The molecule has 0 heterocycles. The van der Waals surface area contributed by atoms with Gasteiger partial charge in [0.05, 0.1) is 19.1 Å². The minimum Gasteiger partial charge on any atom is -0.493 e. The van der Waals surface area contributed by atoms with E-state index in [1.54, 1.807) is 0 Å². The molecular weight excluding hydrogens is 506 g/mol. The Morgan fingerprint density at radius 3 is 2.45 bits per heavy atom. The number of allylic oxidation sites excluding steroid dienone is 1. The molecule has 4 unspecified atom stereocenters. The first kappa shape index (κ1) is 27.2. The van der Waals surface area contributed by atoms with Crippen molar-refractivity contribution in [1.29, 1.82) is 0 Å². The SMILES string of the molecule is COc1cc(S(N)(=O)=O)cc(C(=O)O[C@H]2CCC3C4C(C)CC5=CC(=O)CC[C@]5(C)C4CC[C@@]32C)c1OC. The summed E-state index contributed by atoms with van der Waals surface area (Å²) in [6, 6.07) is 2.44. The van der Waals surface area contributed by atoms with Crippen molar-refractivity contribution in [2.45, 2.75) is 76.7 Å². The van der Waals surface area contributed by atoms with Crippen molar-refractivity contribution >= 4 is 21.8 Å². The molecule has 0 saturated heterocycles. The second kappa shape index (κ2) is 9.37. The minimum atomic E-state index is -4.08. The van der Waals surface area contributed by atoms with Gasteiger partial charge >= 0.3 is 5.97 Å². The van der Waals surface area contributed by atoms with Crippen LogP contribution in [0.25, 0.3) is 0 Å². The molecule has 2 N–H and O–H groups in total. The highest BCUT2D eigenvalue weighted by Gasteiger charge is 2.61. The van der Waals surface area contributed by atoms with Crippen LogP contribution < -0.4 is 14.6 Å². The molecule has 1 aromatic rings. The van der Waals surface area contributed by atoms with Crippen LogP contribution in [-0.2, 0) is 19.6 Å². The van der Waals surface area contributed by atoms with Crippen LogP contribution in [0.3, 0.4) is 0 Å². The van der Waals surface area contributed by atoms with Crippen molar-refractivity contribution in [1.82, 2.24) is 0 Å². The second-order valence-electron chi connectivity index (χ2n) is 12.3. The van der Waals surface area contributed by atoms with E-state index in [2.05, 4.69) is 20.8 Å². The Morgan fingerprint density at radius 1 is 1.05 bits per heavy atom. The van der Waals surface area contributed by atoms with Crippen LogP contribution in [0.15, 0.2) is 28.7 Å². The van der Waals surface area contributed by atoms with Gasteiger partial charge < -0.3 is 14.2 Å². The number of hydrogen-bond donors (Lipinski definition) is 1. The van der Waals surface area contributed by atoms with E-state index in [0.29, 0.717) is 30.1 Å². The van der Waals surface area contributed by atoms with Gasteiger partial charge in [-0.25, -0.2) is 18.4 Å². The summed E-state index contributed by atoms with van der Waals surface area (Å²) >= 11 is 0. The van der Waals surface area contributed by atoms with Gasteiger partial charge in [0.25, 0.3) is 0 Å². The first-order valence-electron chi connectivity index (χ1n) is 13.6. The average Bonchev–Trinajstić information content (AvgIpc) is 3.19. The predicted molar refractivity (Wildman–Crippen MR) is 141 cm³/mol. The fourth-order valence-electron chi connectivity index (χ4n) is 8.50. The van der Waals surface area contributed by atoms with Crippen LogP contribution in [0.2, 0.25) is 0 Å². The fourth-order valence-corrected chi connectivity index (χ4v) is 9.05. The molecule has 1 aromatic carbocycles. The van der Waals surface area contributed by atoms with E-state index in [1.807, 2.05) is 6.08 Å². The molecule has 38 heavy (non-hydrogen) atoms. The molecule has 4 aliphatic rings. The van der Waals surface area contributed by atoms with Crippen molar-refractivity contribution in [2.24, 2.45) is 39.6 Å². The number of ether oxygens (including phenoxy) is 3. The Hall–Kier alpha value is -2.39. The largest absolute Gasteiger partial charge is 0.493 e. The number of nitrogens with two attached hydrogens (primary N) is 1. The molecule has 0 aliphatic heterocycles. The van der Waals surface area contributed by atoms with E-state index in [1.165, 1.54) is 31.9 Å². The van der Waals surface area contributed by atoms with Gasteiger partial charge in [-0.1, -0.05) is 26.3 Å². The average molecular weight is 546 g/mol. The summed E-state index contributed by atoms with van der Waals surface area (Å²) < 4.78 is 41.0. The van der Waals surface area contributed by atoms with E-state index in [4.69, 9.17) is 19.3 Å². The Labute approximate surface area is 225 Å². The number of rotatable bonds is 5. The number of esters is 1. The standard InChI is InChI=1S/C29H39NO7S/c1-16-12-17-13-18(31)8-10-28(17,2)22-9-11-29(3)21(25(16)22)6-7-24(29)37-27(32)20-14-19(38(30,33)34)15-23(35-4)26(20)36-5/h13-16,21-22,24-25H,6-12H2,1-5H3,(H2,30,33,34)/t16?,21?,22?,24-,25?,28-,29-/m0/s1. The Morgan fingerprint density at radius 2 is 1.79 bits per heavy atom. The molecule has 0 amide bonds. The molecule has 8 nitrogen and oxygen atoms in total. The number of carbonyl (C=O) groups excluding carboxylic acids is 2. The van der Waals surface area contributed by atoms with Crippen molar-refractivity contribution in [3.05, 3.63) is 29.3 Å². The summed E-state index contributed by atoms with van der Waals surface area (Å²) in [6.45, 7) is 6.93. The number of sulfonamides is 1. The number of hydrogen-bond acceptors (Lipinski definition) is 7. The van der Waals surface area contributed by atoms with Gasteiger partial charge in [0.15, 0.2) is 17.3 Å². The summed E-state index contributed by atoms with van der Waals surface area (Å²) in [6.07, 6.45) is 7.87. The van der Waals surface area contributed by atoms with Gasteiger partial charge in [0, 0.05) is 17.9 Å². The van der Waals surface area contributed by atoms with E-state index in [9.17, 15) is 18.0 Å². The second-order valence-corrected chi connectivity index (χ2v) is 13.9. The monoisotopic (exact) mass is 545 g/mol. The molecule has 9 heteroatoms. The summed E-state index contributed by atoms with van der Waals surface area (Å²) in [5, 5.41) is 5.35. The first-order chi connectivity index (χ1) is 17.8. The third-order valence-electron chi connectivity index (χ3n) is 10.5. The third kappa shape index (κ3) is 4.17. The topological polar surface area (TPSA) is 122 Å². The van der Waals surface area contributed by atoms with Crippen LogP contribution in [0.1, 0.15) is 76.1 Å². The third-order valence-corrected chi connectivity index (χ3v) is 11.4. The lowest BCUT2D eigenvalue weighted by atomic mass is 9.45. The Bertz CT molecular complexity index is 1300. The Kier molecular flexibility index (Phi) is 6.70.